The van der Waals surface area contributed by atoms with Crippen LogP contribution in [0.25, 0.3) is 0 Å². The Morgan fingerprint density at radius 1 is 1.32 bits per heavy atom. The molecule has 0 bridgehead atoms. The number of carboxylic acid groups (broad SMARTS) is 1. The van der Waals surface area contributed by atoms with Gasteiger partial charge in [0.1, 0.15) is 4.88 Å². The summed E-state index contributed by atoms with van der Waals surface area (Å²) in [5.74, 6) is -1.64. The molecule has 1 aromatic heterocycles. The summed E-state index contributed by atoms with van der Waals surface area (Å²) in [6, 6.07) is 8.21. The lowest BCUT2D eigenvalue weighted by molar-refractivity contribution is -0.384. The van der Waals surface area contributed by atoms with Crippen LogP contribution in [-0.2, 0) is 0 Å². The average molecular weight is 319 g/mol. The maximum Gasteiger partial charge on any atom is 0.345 e. The maximum absolute atomic E-state index is 11.8. The van der Waals surface area contributed by atoms with Crippen LogP contribution < -0.4 is 5.43 Å². The second-order valence-corrected chi connectivity index (χ2v) is 5.13. The highest BCUT2D eigenvalue weighted by atomic mass is 32.1. The Morgan fingerprint density at radius 3 is 2.73 bits per heavy atom. The molecule has 8 nitrogen and oxygen atoms in total. The normalized spacial score (nSPS) is 10.5. The molecule has 0 radical (unpaired) electrons. The van der Waals surface area contributed by atoms with Gasteiger partial charge in [0.05, 0.1) is 11.1 Å². The number of amides is 1. The first-order valence-corrected chi connectivity index (χ1v) is 6.70. The molecule has 0 aliphatic heterocycles. The summed E-state index contributed by atoms with van der Waals surface area (Å²) in [4.78, 5) is 33.2. The van der Waals surface area contributed by atoms with Crippen molar-refractivity contribution in [3.05, 3.63) is 61.8 Å². The number of nitro benzene ring substituents is 1. The van der Waals surface area contributed by atoms with E-state index in [1.165, 1.54) is 30.5 Å². The number of carbonyl (C=O) groups is 2. The molecule has 9 heteroatoms. The molecule has 2 aromatic rings. The number of carbonyl (C=O) groups excluding carboxylic acids is 1. The van der Waals surface area contributed by atoms with E-state index in [1.807, 2.05) is 0 Å². The zero-order valence-corrected chi connectivity index (χ0v) is 11.7. The first kappa shape index (κ1) is 15.3. The molecule has 0 atom stereocenters. The molecular formula is C13H9N3O5S. The Hall–Kier alpha value is -3.07. The van der Waals surface area contributed by atoms with Crippen LogP contribution in [-0.4, -0.2) is 28.1 Å². The highest BCUT2D eigenvalue weighted by molar-refractivity contribution is 7.15. The summed E-state index contributed by atoms with van der Waals surface area (Å²) in [6.07, 6.45) is 1.30. The maximum atomic E-state index is 11.8. The summed E-state index contributed by atoms with van der Waals surface area (Å²) in [5, 5.41) is 23.1. The predicted octanol–water partition coefficient (Wildman–Crippen LogP) is 2.12. The molecule has 0 spiro atoms. The van der Waals surface area contributed by atoms with E-state index in [0.717, 1.165) is 17.4 Å². The van der Waals surface area contributed by atoms with Gasteiger partial charge in [-0.05, 0) is 18.2 Å². The predicted molar refractivity (Wildman–Crippen MR) is 79.4 cm³/mol. The van der Waals surface area contributed by atoms with E-state index in [2.05, 4.69) is 10.5 Å². The van der Waals surface area contributed by atoms with E-state index in [-0.39, 0.29) is 16.1 Å². The van der Waals surface area contributed by atoms with Gasteiger partial charge < -0.3 is 5.11 Å². The molecule has 0 aliphatic rings. The Morgan fingerprint density at radius 2 is 2.09 bits per heavy atom. The zero-order valence-electron chi connectivity index (χ0n) is 10.9. The van der Waals surface area contributed by atoms with Gasteiger partial charge in [-0.3, -0.25) is 14.9 Å². The quantitative estimate of drug-likeness (QED) is 0.496. The van der Waals surface area contributed by atoms with Crippen LogP contribution in [0, 0.1) is 10.1 Å². The highest BCUT2D eigenvalue weighted by Crippen LogP contribution is 2.14. The van der Waals surface area contributed by atoms with Crippen molar-refractivity contribution in [2.75, 3.05) is 0 Å². The van der Waals surface area contributed by atoms with Crippen LogP contribution in [0.3, 0.4) is 0 Å². The first-order chi connectivity index (χ1) is 10.5. The van der Waals surface area contributed by atoms with Gasteiger partial charge in [-0.15, -0.1) is 11.3 Å². The lowest BCUT2D eigenvalue weighted by atomic mass is 10.2. The van der Waals surface area contributed by atoms with Gasteiger partial charge in [-0.1, -0.05) is 6.07 Å². The Labute approximate surface area is 127 Å². The third kappa shape index (κ3) is 3.73. The number of thiophene rings is 1. The van der Waals surface area contributed by atoms with Gasteiger partial charge in [0.2, 0.25) is 0 Å². The third-order valence-electron chi connectivity index (χ3n) is 2.51. The van der Waals surface area contributed by atoms with E-state index < -0.39 is 16.8 Å². The fourth-order valence-corrected chi connectivity index (χ4v) is 2.24. The smallest absolute Gasteiger partial charge is 0.345 e. The van der Waals surface area contributed by atoms with E-state index >= 15 is 0 Å². The Balaban J connectivity index is 2.02. The van der Waals surface area contributed by atoms with Crippen molar-refractivity contribution in [2.24, 2.45) is 5.10 Å². The molecule has 2 N–H and O–H groups in total. The molecular weight excluding hydrogens is 310 g/mol. The lowest BCUT2D eigenvalue weighted by Crippen LogP contribution is -2.17. The van der Waals surface area contributed by atoms with Crippen LogP contribution in [0.15, 0.2) is 41.5 Å². The third-order valence-corrected chi connectivity index (χ3v) is 3.52. The van der Waals surface area contributed by atoms with Crippen molar-refractivity contribution < 1.29 is 19.6 Å². The Kier molecular flexibility index (Phi) is 4.59. The van der Waals surface area contributed by atoms with Crippen molar-refractivity contribution >= 4 is 35.1 Å². The lowest BCUT2D eigenvalue weighted by Gasteiger charge is -1.99. The number of nitrogens with one attached hydrogen (secondary N) is 1. The number of non-ortho nitro benzene ring substituents is 1. The summed E-state index contributed by atoms with van der Waals surface area (Å²) < 4.78 is 0. The molecule has 1 amide bonds. The number of benzene rings is 1. The largest absolute Gasteiger partial charge is 0.477 e. The zero-order chi connectivity index (χ0) is 16.1. The molecule has 1 heterocycles. The summed E-state index contributed by atoms with van der Waals surface area (Å²) in [7, 11) is 0. The monoisotopic (exact) mass is 319 g/mol. The standard InChI is InChI=1S/C13H9N3O5S/c17-12(8-2-1-3-9(6-8)16(20)21)15-14-7-10-4-5-11(22-10)13(18)19/h1-7H,(H,15,17)(H,18,19)/b14-7+. The van der Waals surface area contributed by atoms with Crippen LogP contribution in [0.2, 0.25) is 0 Å². The first-order valence-electron chi connectivity index (χ1n) is 5.88. The number of carboxylic acids is 1. The van der Waals surface area contributed by atoms with Gasteiger partial charge in [-0.25, -0.2) is 10.2 Å². The summed E-state index contributed by atoms with van der Waals surface area (Å²) >= 11 is 1.01. The van der Waals surface area contributed by atoms with E-state index in [0.29, 0.717) is 4.88 Å². The van der Waals surface area contributed by atoms with Crippen LogP contribution in [0.4, 0.5) is 5.69 Å². The number of nitrogens with zero attached hydrogens (tertiary/aromatic N) is 2. The van der Waals surface area contributed by atoms with Crippen molar-refractivity contribution in [1.82, 2.24) is 5.43 Å². The van der Waals surface area contributed by atoms with Crippen molar-refractivity contribution in [1.29, 1.82) is 0 Å². The number of aromatic carboxylic acids is 1. The second-order valence-electron chi connectivity index (χ2n) is 4.01. The summed E-state index contributed by atoms with van der Waals surface area (Å²) in [5.41, 5.74) is 2.13. The van der Waals surface area contributed by atoms with E-state index in [4.69, 9.17) is 5.11 Å². The average Bonchev–Trinajstić information content (AvgIpc) is 2.96. The molecule has 2 rings (SSSR count). The van der Waals surface area contributed by atoms with E-state index in [1.54, 1.807) is 6.07 Å². The number of hydrogen-bond donors (Lipinski definition) is 2. The fourth-order valence-electron chi connectivity index (χ4n) is 1.52. The van der Waals surface area contributed by atoms with Gasteiger partial charge >= 0.3 is 5.97 Å². The van der Waals surface area contributed by atoms with Crippen molar-refractivity contribution in [3.8, 4) is 0 Å². The molecule has 0 saturated carbocycles. The van der Waals surface area contributed by atoms with Crippen molar-refractivity contribution in [3.63, 3.8) is 0 Å². The molecule has 1 aromatic carbocycles. The highest BCUT2D eigenvalue weighted by Gasteiger charge is 2.10. The minimum Gasteiger partial charge on any atom is -0.477 e. The molecule has 0 unspecified atom stereocenters. The number of hydrazone groups is 1. The van der Waals surface area contributed by atoms with Gasteiger partial charge in [-0.2, -0.15) is 5.10 Å². The fraction of sp³-hybridized carbons (Fsp3) is 0. The van der Waals surface area contributed by atoms with Crippen LogP contribution in [0.1, 0.15) is 24.9 Å². The number of hydrogen-bond acceptors (Lipinski definition) is 6. The van der Waals surface area contributed by atoms with Gasteiger partial charge in [0.25, 0.3) is 11.6 Å². The van der Waals surface area contributed by atoms with Gasteiger partial charge in [0, 0.05) is 22.6 Å². The van der Waals surface area contributed by atoms with Gasteiger partial charge in [0.15, 0.2) is 0 Å². The topological polar surface area (TPSA) is 122 Å². The molecule has 112 valence electrons. The van der Waals surface area contributed by atoms with E-state index in [9.17, 15) is 19.7 Å². The molecule has 0 fully saturated rings. The minimum absolute atomic E-state index is 0.101. The Bertz CT molecular complexity index is 769. The number of rotatable bonds is 5. The minimum atomic E-state index is -1.04. The summed E-state index contributed by atoms with van der Waals surface area (Å²) in [6.45, 7) is 0. The van der Waals surface area contributed by atoms with Crippen molar-refractivity contribution in [2.45, 2.75) is 0 Å². The second kappa shape index (κ2) is 6.59. The SMILES string of the molecule is O=C(N/N=C/c1ccc(C(=O)O)s1)c1cccc([N+](=O)[O-])c1. The molecule has 0 aliphatic carbocycles. The van der Waals surface area contributed by atoms with Crippen LogP contribution >= 0.6 is 11.3 Å². The molecule has 0 saturated heterocycles. The number of nitro groups is 1. The van der Waals surface area contributed by atoms with Crippen LogP contribution in [0.5, 0.6) is 0 Å². The molecule has 22 heavy (non-hydrogen) atoms.